The summed E-state index contributed by atoms with van der Waals surface area (Å²) in [5, 5.41) is 4.18. The van der Waals surface area contributed by atoms with Crippen LogP contribution in [0.5, 0.6) is 0 Å². The minimum absolute atomic E-state index is 0.0776. The van der Waals surface area contributed by atoms with E-state index in [0.717, 1.165) is 23.8 Å². The van der Waals surface area contributed by atoms with Gasteiger partial charge in [0.15, 0.2) is 0 Å². The minimum atomic E-state index is -4.95. The molecule has 220 valence electrons. The van der Waals surface area contributed by atoms with Crippen molar-refractivity contribution in [3.8, 4) is 0 Å². The zero-order valence-corrected chi connectivity index (χ0v) is 22.5. The highest BCUT2D eigenvalue weighted by atomic mass is 19.4. The van der Waals surface area contributed by atoms with Crippen LogP contribution < -0.4 is 10.9 Å². The molecular formula is C30H31F6N3O2. The lowest BCUT2D eigenvalue weighted by Gasteiger charge is -2.41. The van der Waals surface area contributed by atoms with Crippen LogP contribution in [0.4, 0.5) is 26.3 Å². The van der Waals surface area contributed by atoms with Gasteiger partial charge in [-0.3, -0.25) is 14.5 Å². The number of rotatable bonds is 7. The lowest BCUT2D eigenvalue weighted by Crippen LogP contribution is -2.48. The molecule has 11 heteroatoms. The van der Waals surface area contributed by atoms with Crippen molar-refractivity contribution in [1.82, 2.24) is 14.8 Å². The predicted octanol–water partition coefficient (Wildman–Crippen LogP) is 6.27. The molecule has 1 aromatic heterocycles. The Bertz CT molecular complexity index is 1470. The minimum Gasteiger partial charge on any atom is -0.352 e. The third-order valence-electron chi connectivity index (χ3n) is 8.38. The lowest BCUT2D eigenvalue weighted by atomic mass is 9.73. The van der Waals surface area contributed by atoms with Crippen LogP contribution in [0.3, 0.4) is 0 Å². The van der Waals surface area contributed by atoms with Gasteiger partial charge in [0.25, 0.3) is 5.56 Å². The molecule has 5 rings (SSSR count). The number of likely N-dealkylation sites (tertiary alicyclic amines) is 1. The number of fused-ring (bicyclic) bond motifs is 1. The number of pyridine rings is 1. The van der Waals surface area contributed by atoms with Crippen molar-refractivity contribution in [3.63, 3.8) is 0 Å². The van der Waals surface area contributed by atoms with Gasteiger partial charge in [0.2, 0.25) is 5.91 Å². The number of halogens is 6. The highest BCUT2D eigenvalue weighted by Gasteiger charge is 2.45. The molecule has 5 nitrogen and oxygen atoms in total. The summed E-state index contributed by atoms with van der Waals surface area (Å²) in [5.41, 5.74) is -2.86. The zero-order chi connectivity index (χ0) is 29.6. The average molecular weight is 580 g/mol. The highest BCUT2D eigenvalue weighted by molar-refractivity contribution is 5.85. The van der Waals surface area contributed by atoms with E-state index in [-0.39, 0.29) is 23.1 Å². The molecule has 3 aromatic rings. The number of alkyl halides is 6. The first kappa shape index (κ1) is 29.2. The van der Waals surface area contributed by atoms with E-state index in [1.807, 2.05) is 18.2 Å². The second kappa shape index (κ2) is 10.8. The zero-order valence-electron chi connectivity index (χ0n) is 22.5. The molecule has 0 radical (unpaired) electrons. The fourth-order valence-electron chi connectivity index (χ4n) is 5.85. The maximum absolute atomic E-state index is 13.5. The van der Waals surface area contributed by atoms with Crippen LogP contribution in [0.25, 0.3) is 10.8 Å². The number of hydrogen-bond acceptors (Lipinski definition) is 3. The third-order valence-corrected chi connectivity index (χ3v) is 8.38. The van der Waals surface area contributed by atoms with Crippen molar-refractivity contribution in [1.29, 1.82) is 0 Å². The number of carbonyl (C=O) groups excluding carboxylic acids is 1. The molecule has 1 saturated heterocycles. The fraction of sp³-hybridized carbons (Fsp3) is 0.467. The second-order valence-corrected chi connectivity index (χ2v) is 11.4. The summed E-state index contributed by atoms with van der Waals surface area (Å²) in [6, 6.07) is 8.94. The summed E-state index contributed by atoms with van der Waals surface area (Å²) >= 11 is 0. The Morgan fingerprint density at radius 1 is 0.951 bits per heavy atom. The average Bonchev–Trinajstić information content (AvgIpc) is 3.73. The fourth-order valence-corrected chi connectivity index (χ4v) is 5.85. The summed E-state index contributed by atoms with van der Waals surface area (Å²) in [5.74, 6) is 0.0654. The molecule has 2 aromatic carbocycles. The van der Waals surface area contributed by atoms with Crippen LogP contribution in [0.15, 0.2) is 53.5 Å². The quantitative estimate of drug-likeness (QED) is 0.336. The van der Waals surface area contributed by atoms with Gasteiger partial charge in [-0.05, 0) is 85.1 Å². The standard InChI is InChI=1S/C30H31F6N3O2/c1-38-10-7-24-21(3-2-4-25(24)26(38)40)18-39-11-8-28(9-12-39,16-19-5-6-19)27(41)37-17-20-13-22(29(31,32)33)15-23(14-20)30(34,35)36/h2-4,7,10,13-15,19H,5-6,8-9,11-12,16-18H2,1H3,(H,37,41). The van der Waals surface area contributed by atoms with E-state index in [9.17, 15) is 35.9 Å². The van der Waals surface area contributed by atoms with E-state index in [1.165, 1.54) is 4.57 Å². The summed E-state index contributed by atoms with van der Waals surface area (Å²) in [7, 11) is 1.70. The number of aryl methyl sites for hydroxylation is 1. The van der Waals surface area contributed by atoms with Crippen molar-refractivity contribution in [3.05, 3.63) is 81.3 Å². The number of aromatic nitrogens is 1. The number of carbonyl (C=O) groups is 1. The van der Waals surface area contributed by atoms with Crippen molar-refractivity contribution in [2.45, 2.75) is 57.5 Å². The first-order chi connectivity index (χ1) is 19.2. The van der Waals surface area contributed by atoms with Crippen molar-refractivity contribution in [2.75, 3.05) is 13.1 Å². The molecule has 2 aliphatic rings. The van der Waals surface area contributed by atoms with Gasteiger partial charge in [-0.15, -0.1) is 0 Å². The van der Waals surface area contributed by atoms with Gasteiger partial charge < -0.3 is 9.88 Å². The molecule has 1 N–H and O–H groups in total. The SMILES string of the molecule is Cn1ccc2c(CN3CCC(CC4CC4)(C(=O)NCc4cc(C(F)(F)F)cc(C(F)(F)F)c4)CC3)cccc2c1=O. The summed E-state index contributed by atoms with van der Waals surface area (Å²) in [6.45, 7) is 1.37. The monoisotopic (exact) mass is 579 g/mol. The van der Waals surface area contributed by atoms with Gasteiger partial charge in [-0.2, -0.15) is 26.3 Å². The van der Waals surface area contributed by atoms with Gasteiger partial charge in [-0.1, -0.05) is 25.0 Å². The van der Waals surface area contributed by atoms with E-state index in [1.54, 1.807) is 19.3 Å². The van der Waals surface area contributed by atoms with E-state index >= 15 is 0 Å². The molecule has 2 heterocycles. The Morgan fingerprint density at radius 3 is 2.17 bits per heavy atom. The number of hydrogen-bond donors (Lipinski definition) is 1. The first-order valence-corrected chi connectivity index (χ1v) is 13.6. The molecule has 0 atom stereocenters. The first-order valence-electron chi connectivity index (χ1n) is 13.6. The normalized spacial score (nSPS) is 18.0. The summed E-state index contributed by atoms with van der Waals surface area (Å²) < 4.78 is 81.2. The number of amides is 1. The van der Waals surface area contributed by atoms with Crippen LogP contribution in [0, 0.1) is 11.3 Å². The van der Waals surface area contributed by atoms with Gasteiger partial charge in [-0.25, -0.2) is 0 Å². The molecule has 2 fully saturated rings. The molecular weight excluding hydrogens is 548 g/mol. The van der Waals surface area contributed by atoms with E-state index < -0.39 is 35.4 Å². The van der Waals surface area contributed by atoms with Gasteiger partial charge >= 0.3 is 12.4 Å². The van der Waals surface area contributed by atoms with Crippen LogP contribution in [0.1, 0.15) is 54.4 Å². The Balaban J connectivity index is 1.30. The van der Waals surface area contributed by atoms with Crippen molar-refractivity contribution in [2.24, 2.45) is 18.4 Å². The van der Waals surface area contributed by atoms with Gasteiger partial charge in [0.1, 0.15) is 0 Å². The van der Waals surface area contributed by atoms with Crippen LogP contribution in [-0.4, -0.2) is 28.5 Å². The van der Waals surface area contributed by atoms with Crippen LogP contribution in [0.2, 0.25) is 0 Å². The lowest BCUT2D eigenvalue weighted by molar-refractivity contribution is -0.143. The van der Waals surface area contributed by atoms with E-state index in [0.29, 0.717) is 62.3 Å². The number of piperidine rings is 1. The van der Waals surface area contributed by atoms with Gasteiger partial charge in [0.05, 0.1) is 16.5 Å². The molecule has 0 unspecified atom stereocenters. The molecule has 0 bridgehead atoms. The maximum Gasteiger partial charge on any atom is 0.416 e. The summed E-state index contributed by atoms with van der Waals surface area (Å²) in [4.78, 5) is 28.3. The van der Waals surface area contributed by atoms with E-state index in [4.69, 9.17) is 0 Å². The number of nitrogens with one attached hydrogen (secondary N) is 1. The molecule has 1 amide bonds. The molecule has 41 heavy (non-hydrogen) atoms. The Hall–Kier alpha value is -3.34. The van der Waals surface area contributed by atoms with Crippen LogP contribution in [-0.2, 0) is 37.3 Å². The molecule has 1 aliphatic carbocycles. The number of nitrogens with zero attached hydrogens (tertiary/aromatic N) is 2. The Kier molecular flexibility index (Phi) is 7.69. The Labute approximate surface area is 233 Å². The Morgan fingerprint density at radius 2 is 1.59 bits per heavy atom. The summed E-state index contributed by atoms with van der Waals surface area (Å²) in [6.07, 6.45) is -4.45. The van der Waals surface area contributed by atoms with Crippen molar-refractivity contribution >= 4 is 16.7 Å². The number of benzene rings is 2. The smallest absolute Gasteiger partial charge is 0.352 e. The van der Waals surface area contributed by atoms with E-state index in [2.05, 4.69) is 10.2 Å². The predicted molar refractivity (Wildman–Crippen MR) is 142 cm³/mol. The molecule has 0 spiro atoms. The molecule has 1 aliphatic heterocycles. The second-order valence-electron chi connectivity index (χ2n) is 11.4. The third kappa shape index (κ3) is 6.45. The van der Waals surface area contributed by atoms with Crippen molar-refractivity contribution < 1.29 is 31.1 Å². The molecule has 1 saturated carbocycles. The maximum atomic E-state index is 13.5. The van der Waals surface area contributed by atoms with Gasteiger partial charge in [0, 0.05) is 31.7 Å². The largest absolute Gasteiger partial charge is 0.416 e. The topological polar surface area (TPSA) is 54.3 Å². The van der Waals surface area contributed by atoms with Crippen LogP contribution >= 0.6 is 0 Å². The highest BCUT2D eigenvalue weighted by Crippen LogP contribution is 2.46.